The van der Waals surface area contributed by atoms with Gasteiger partial charge in [-0.25, -0.2) is 0 Å². The zero-order chi connectivity index (χ0) is 14.5. The lowest BCUT2D eigenvalue weighted by atomic mass is 10.2. The normalized spacial score (nSPS) is 11.2. The lowest BCUT2D eigenvalue weighted by molar-refractivity contribution is 0.475. The van der Waals surface area contributed by atoms with E-state index in [9.17, 15) is 5.11 Å². The van der Waals surface area contributed by atoms with Crippen molar-refractivity contribution in [3.8, 4) is 5.75 Å². The van der Waals surface area contributed by atoms with Crippen molar-refractivity contribution in [2.75, 3.05) is 6.54 Å². The van der Waals surface area contributed by atoms with Gasteiger partial charge >= 0.3 is 0 Å². The van der Waals surface area contributed by atoms with Gasteiger partial charge in [0.2, 0.25) is 0 Å². The Labute approximate surface area is 120 Å². The molecule has 0 bridgehead atoms. The Morgan fingerprint density at radius 1 is 1.25 bits per heavy atom. The summed E-state index contributed by atoms with van der Waals surface area (Å²) in [5.41, 5.74) is 3.56. The van der Waals surface area contributed by atoms with E-state index in [0.717, 1.165) is 25.2 Å². The first-order valence-corrected chi connectivity index (χ1v) is 7.06. The highest BCUT2D eigenvalue weighted by molar-refractivity contribution is 5.26. The first kappa shape index (κ1) is 14.6. The van der Waals surface area contributed by atoms with Crippen molar-refractivity contribution >= 4 is 0 Å². The quantitative estimate of drug-likeness (QED) is 0.851. The van der Waals surface area contributed by atoms with Crippen molar-refractivity contribution in [3.05, 3.63) is 47.3 Å². The predicted molar refractivity (Wildman–Crippen MR) is 80.7 cm³/mol. The van der Waals surface area contributed by atoms with Gasteiger partial charge < -0.3 is 10.4 Å². The number of phenolic OH excluding ortho intramolecular Hbond substituents is 1. The molecule has 2 rings (SSSR count). The highest BCUT2D eigenvalue weighted by Gasteiger charge is 2.07. The standard InChI is InChI=1S/C16H23N3O/c1-12(2)8-17-9-15-10-18-19(13(15)3)11-14-4-6-16(20)7-5-14/h4-7,10,12,17,20H,8-9,11H2,1-3H3. The molecular weight excluding hydrogens is 250 g/mol. The fourth-order valence-corrected chi connectivity index (χ4v) is 2.09. The minimum atomic E-state index is 0.296. The molecular formula is C16H23N3O. The summed E-state index contributed by atoms with van der Waals surface area (Å²) >= 11 is 0. The molecule has 0 saturated heterocycles. The molecule has 1 aromatic heterocycles. The van der Waals surface area contributed by atoms with Gasteiger partial charge in [0.05, 0.1) is 12.7 Å². The van der Waals surface area contributed by atoms with Crippen LogP contribution in [0.4, 0.5) is 0 Å². The highest BCUT2D eigenvalue weighted by atomic mass is 16.3. The maximum Gasteiger partial charge on any atom is 0.115 e. The van der Waals surface area contributed by atoms with E-state index in [2.05, 4.69) is 31.2 Å². The van der Waals surface area contributed by atoms with Crippen molar-refractivity contribution in [1.82, 2.24) is 15.1 Å². The molecule has 0 saturated carbocycles. The zero-order valence-corrected chi connectivity index (χ0v) is 12.4. The Bertz CT molecular complexity index is 543. The van der Waals surface area contributed by atoms with Crippen LogP contribution >= 0.6 is 0 Å². The van der Waals surface area contributed by atoms with Crippen LogP contribution in [0, 0.1) is 12.8 Å². The van der Waals surface area contributed by atoms with Gasteiger partial charge in [-0.2, -0.15) is 5.10 Å². The summed E-state index contributed by atoms with van der Waals surface area (Å²) in [4.78, 5) is 0. The number of nitrogens with one attached hydrogen (secondary N) is 1. The highest BCUT2D eigenvalue weighted by Crippen LogP contribution is 2.13. The molecule has 108 valence electrons. The second-order valence-corrected chi connectivity index (χ2v) is 5.60. The number of aromatic hydroxyl groups is 1. The smallest absolute Gasteiger partial charge is 0.115 e. The topological polar surface area (TPSA) is 50.1 Å². The van der Waals surface area contributed by atoms with Crippen LogP contribution in [0.15, 0.2) is 30.5 Å². The number of benzene rings is 1. The van der Waals surface area contributed by atoms with Crippen molar-refractivity contribution in [3.63, 3.8) is 0 Å². The molecule has 0 unspecified atom stereocenters. The third kappa shape index (κ3) is 3.84. The molecule has 1 heterocycles. The fraction of sp³-hybridized carbons (Fsp3) is 0.438. The molecule has 0 radical (unpaired) electrons. The van der Waals surface area contributed by atoms with Crippen LogP contribution in [0.2, 0.25) is 0 Å². The van der Waals surface area contributed by atoms with Gasteiger partial charge in [0.25, 0.3) is 0 Å². The molecule has 0 amide bonds. The van der Waals surface area contributed by atoms with Gasteiger partial charge in [-0.15, -0.1) is 0 Å². The number of hydrogen-bond donors (Lipinski definition) is 2. The van der Waals surface area contributed by atoms with Crippen molar-refractivity contribution < 1.29 is 5.11 Å². The minimum absolute atomic E-state index is 0.296. The maximum atomic E-state index is 9.29. The van der Waals surface area contributed by atoms with Gasteiger partial charge in [-0.3, -0.25) is 4.68 Å². The van der Waals surface area contributed by atoms with Crippen LogP contribution in [0.25, 0.3) is 0 Å². The summed E-state index contributed by atoms with van der Waals surface area (Å²) < 4.78 is 2.00. The number of phenols is 1. The van der Waals surface area contributed by atoms with Crippen LogP contribution in [0.3, 0.4) is 0 Å². The second-order valence-electron chi connectivity index (χ2n) is 5.60. The predicted octanol–water partition coefficient (Wildman–Crippen LogP) is 2.69. The molecule has 0 aliphatic carbocycles. The molecule has 2 N–H and O–H groups in total. The largest absolute Gasteiger partial charge is 0.508 e. The Morgan fingerprint density at radius 3 is 2.60 bits per heavy atom. The Hall–Kier alpha value is -1.81. The van der Waals surface area contributed by atoms with E-state index in [4.69, 9.17) is 0 Å². The minimum Gasteiger partial charge on any atom is -0.508 e. The Kier molecular flexibility index (Phi) is 4.79. The third-order valence-electron chi connectivity index (χ3n) is 3.34. The van der Waals surface area contributed by atoms with Crippen molar-refractivity contribution in [2.45, 2.75) is 33.9 Å². The Balaban J connectivity index is 1.99. The average Bonchev–Trinajstić information content (AvgIpc) is 2.74. The zero-order valence-electron chi connectivity index (χ0n) is 12.4. The summed E-state index contributed by atoms with van der Waals surface area (Å²) in [6, 6.07) is 7.26. The van der Waals surface area contributed by atoms with E-state index in [1.54, 1.807) is 12.1 Å². The summed E-state index contributed by atoms with van der Waals surface area (Å²) in [6.07, 6.45) is 1.93. The van der Waals surface area contributed by atoms with Crippen LogP contribution in [-0.4, -0.2) is 21.4 Å². The monoisotopic (exact) mass is 273 g/mol. The molecule has 4 nitrogen and oxygen atoms in total. The van der Waals surface area contributed by atoms with E-state index < -0.39 is 0 Å². The number of hydrogen-bond acceptors (Lipinski definition) is 3. The van der Waals surface area contributed by atoms with Crippen LogP contribution in [0.1, 0.15) is 30.7 Å². The summed E-state index contributed by atoms with van der Waals surface area (Å²) in [6.45, 7) is 9.11. The number of aromatic nitrogens is 2. The van der Waals surface area contributed by atoms with Crippen molar-refractivity contribution in [2.24, 2.45) is 5.92 Å². The summed E-state index contributed by atoms with van der Waals surface area (Å²) in [5, 5.41) is 17.2. The first-order valence-electron chi connectivity index (χ1n) is 7.06. The van der Waals surface area contributed by atoms with Crippen LogP contribution < -0.4 is 5.32 Å². The van der Waals surface area contributed by atoms with Gasteiger partial charge in [0, 0.05) is 17.8 Å². The van der Waals surface area contributed by atoms with E-state index >= 15 is 0 Å². The van der Waals surface area contributed by atoms with E-state index in [-0.39, 0.29) is 0 Å². The molecule has 0 spiro atoms. The van der Waals surface area contributed by atoms with E-state index in [1.807, 2.05) is 23.0 Å². The summed E-state index contributed by atoms with van der Waals surface area (Å²) in [5.74, 6) is 0.951. The lowest BCUT2D eigenvalue weighted by Gasteiger charge is -2.08. The van der Waals surface area contributed by atoms with Gasteiger partial charge in [-0.05, 0) is 37.1 Å². The number of nitrogens with zero attached hydrogens (tertiary/aromatic N) is 2. The molecule has 20 heavy (non-hydrogen) atoms. The van der Waals surface area contributed by atoms with Gasteiger partial charge in [0.1, 0.15) is 5.75 Å². The summed E-state index contributed by atoms with van der Waals surface area (Å²) in [7, 11) is 0. The molecule has 1 aromatic carbocycles. The second kappa shape index (κ2) is 6.57. The first-order chi connectivity index (χ1) is 9.56. The van der Waals surface area contributed by atoms with Gasteiger partial charge in [-0.1, -0.05) is 26.0 Å². The fourth-order valence-electron chi connectivity index (χ4n) is 2.09. The molecule has 0 fully saturated rings. The van der Waals surface area contributed by atoms with Crippen LogP contribution in [0.5, 0.6) is 5.75 Å². The molecule has 0 aliphatic rings. The van der Waals surface area contributed by atoms with Crippen LogP contribution in [-0.2, 0) is 13.1 Å². The SMILES string of the molecule is Cc1c(CNCC(C)C)cnn1Cc1ccc(O)cc1. The van der Waals surface area contributed by atoms with Crippen molar-refractivity contribution in [1.29, 1.82) is 0 Å². The number of rotatable bonds is 6. The van der Waals surface area contributed by atoms with E-state index in [1.165, 1.54) is 11.3 Å². The average molecular weight is 273 g/mol. The molecule has 4 heteroatoms. The maximum absolute atomic E-state index is 9.29. The molecule has 0 aliphatic heterocycles. The van der Waals surface area contributed by atoms with Gasteiger partial charge in [0.15, 0.2) is 0 Å². The Morgan fingerprint density at radius 2 is 1.95 bits per heavy atom. The third-order valence-corrected chi connectivity index (χ3v) is 3.34. The lowest BCUT2D eigenvalue weighted by Crippen LogP contribution is -2.19. The molecule has 0 atom stereocenters. The molecule has 2 aromatic rings. The van der Waals surface area contributed by atoms with E-state index in [0.29, 0.717) is 11.7 Å².